The standard InChI is InChI=1S/C26H31N5O2/c1-19-14-24(29-26(28-19)30-10-3-2-4-11-30)25(32)31-12-13-33-18-21(17-31)15-20-7-8-23-22(16-20)6-5-9-27-23/h5-9,14,16,21H,2-4,10-13,15,17-18H2,1H3/t21-/m0/s1. The van der Waals surface area contributed by atoms with Crippen LogP contribution in [0.2, 0.25) is 0 Å². The van der Waals surface area contributed by atoms with Crippen molar-refractivity contribution in [3.8, 4) is 0 Å². The van der Waals surface area contributed by atoms with E-state index < -0.39 is 0 Å². The molecule has 3 aromatic rings. The number of rotatable bonds is 4. The van der Waals surface area contributed by atoms with Crippen molar-refractivity contribution in [2.45, 2.75) is 32.6 Å². The fourth-order valence-electron chi connectivity index (χ4n) is 4.83. The Morgan fingerprint density at radius 3 is 2.85 bits per heavy atom. The van der Waals surface area contributed by atoms with Gasteiger partial charge in [0.2, 0.25) is 5.95 Å². The minimum atomic E-state index is -0.0306. The molecule has 7 heteroatoms. The molecule has 5 rings (SSSR count). The summed E-state index contributed by atoms with van der Waals surface area (Å²) in [5.74, 6) is 0.887. The maximum atomic E-state index is 13.5. The molecule has 4 heterocycles. The molecule has 2 aliphatic heterocycles. The number of nitrogens with zero attached hydrogens (tertiary/aromatic N) is 5. The van der Waals surface area contributed by atoms with Gasteiger partial charge in [0.15, 0.2) is 0 Å². The van der Waals surface area contributed by atoms with Gasteiger partial charge in [-0.1, -0.05) is 12.1 Å². The van der Waals surface area contributed by atoms with Crippen LogP contribution in [0.15, 0.2) is 42.6 Å². The van der Waals surface area contributed by atoms with Gasteiger partial charge in [-0.05, 0) is 62.4 Å². The molecule has 1 aromatic carbocycles. The number of carbonyl (C=O) groups excluding carboxylic acids is 1. The van der Waals surface area contributed by atoms with E-state index in [1.807, 2.05) is 30.2 Å². The lowest BCUT2D eigenvalue weighted by atomic mass is 9.98. The van der Waals surface area contributed by atoms with E-state index in [0.717, 1.165) is 48.9 Å². The molecule has 2 saturated heterocycles. The Bertz CT molecular complexity index is 1130. The van der Waals surface area contributed by atoms with Gasteiger partial charge in [0, 0.05) is 49.4 Å². The van der Waals surface area contributed by atoms with Crippen LogP contribution >= 0.6 is 0 Å². The molecule has 0 saturated carbocycles. The molecule has 1 atom stereocenters. The summed E-state index contributed by atoms with van der Waals surface area (Å²) in [4.78, 5) is 31.3. The number of fused-ring (bicyclic) bond motifs is 1. The van der Waals surface area contributed by atoms with Gasteiger partial charge in [0.05, 0.1) is 18.7 Å². The summed E-state index contributed by atoms with van der Waals surface area (Å²) in [6, 6.07) is 12.2. The summed E-state index contributed by atoms with van der Waals surface area (Å²) in [6.07, 6.45) is 6.22. The predicted molar refractivity (Wildman–Crippen MR) is 128 cm³/mol. The molecule has 2 aliphatic rings. The molecular formula is C26H31N5O2. The monoisotopic (exact) mass is 445 g/mol. The van der Waals surface area contributed by atoms with Crippen molar-refractivity contribution in [1.82, 2.24) is 19.9 Å². The zero-order chi connectivity index (χ0) is 22.6. The smallest absolute Gasteiger partial charge is 0.272 e. The Balaban J connectivity index is 1.32. The molecule has 1 amide bonds. The molecule has 0 radical (unpaired) electrons. The van der Waals surface area contributed by atoms with Gasteiger partial charge in [-0.3, -0.25) is 9.78 Å². The van der Waals surface area contributed by atoms with E-state index in [1.54, 1.807) is 0 Å². The Kier molecular flexibility index (Phi) is 6.48. The van der Waals surface area contributed by atoms with Crippen molar-refractivity contribution < 1.29 is 9.53 Å². The van der Waals surface area contributed by atoms with E-state index in [4.69, 9.17) is 4.74 Å². The highest BCUT2D eigenvalue weighted by atomic mass is 16.5. The van der Waals surface area contributed by atoms with Crippen LogP contribution in [0.1, 0.15) is 41.0 Å². The number of benzene rings is 1. The number of hydrogen-bond donors (Lipinski definition) is 0. The van der Waals surface area contributed by atoms with Gasteiger partial charge in [0.1, 0.15) is 5.69 Å². The fraction of sp³-hybridized carbons (Fsp3) is 0.462. The van der Waals surface area contributed by atoms with Crippen molar-refractivity contribution in [3.63, 3.8) is 0 Å². The van der Waals surface area contributed by atoms with Crippen molar-refractivity contribution in [2.24, 2.45) is 5.92 Å². The van der Waals surface area contributed by atoms with Crippen LogP contribution < -0.4 is 4.90 Å². The number of ether oxygens (including phenoxy) is 1. The maximum Gasteiger partial charge on any atom is 0.272 e. The number of pyridine rings is 1. The number of piperidine rings is 1. The number of carbonyl (C=O) groups is 1. The van der Waals surface area contributed by atoms with E-state index in [0.29, 0.717) is 37.9 Å². The molecule has 0 N–H and O–H groups in total. The molecule has 0 aliphatic carbocycles. The average molecular weight is 446 g/mol. The number of amides is 1. The van der Waals surface area contributed by atoms with Crippen LogP contribution in [0.5, 0.6) is 0 Å². The van der Waals surface area contributed by atoms with Crippen LogP contribution in [-0.4, -0.2) is 65.2 Å². The highest BCUT2D eigenvalue weighted by Gasteiger charge is 2.26. The van der Waals surface area contributed by atoms with Gasteiger partial charge in [-0.2, -0.15) is 0 Å². The first-order valence-corrected chi connectivity index (χ1v) is 12.0. The first kappa shape index (κ1) is 21.8. The van der Waals surface area contributed by atoms with Gasteiger partial charge in [-0.25, -0.2) is 9.97 Å². The average Bonchev–Trinajstić information content (AvgIpc) is 3.09. The summed E-state index contributed by atoms with van der Waals surface area (Å²) in [5.41, 5.74) is 3.56. The van der Waals surface area contributed by atoms with Crippen LogP contribution in [0.3, 0.4) is 0 Å². The third-order valence-electron chi connectivity index (χ3n) is 6.52. The minimum absolute atomic E-state index is 0.0306. The first-order valence-electron chi connectivity index (χ1n) is 12.0. The second-order valence-corrected chi connectivity index (χ2v) is 9.17. The van der Waals surface area contributed by atoms with Gasteiger partial charge < -0.3 is 14.5 Å². The molecule has 0 unspecified atom stereocenters. The number of hydrogen-bond acceptors (Lipinski definition) is 6. The lowest BCUT2D eigenvalue weighted by Crippen LogP contribution is -2.37. The Morgan fingerprint density at radius 1 is 1.09 bits per heavy atom. The molecule has 33 heavy (non-hydrogen) atoms. The largest absolute Gasteiger partial charge is 0.379 e. The summed E-state index contributed by atoms with van der Waals surface area (Å²) in [5, 5.41) is 1.14. The van der Waals surface area contributed by atoms with Crippen LogP contribution in [-0.2, 0) is 11.2 Å². The number of anilines is 1. The van der Waals surface area contributed by atoms with Crippen LogP contribution in [0.25, 0.3) is 10.9 Å². The molecule has 7 nitrogen and oxygen atoms in total. The van der Waals surface area contributed by atoms with Gasteiger partial charge >= 0.3 is 0 Å². The van der Waals surface area contributed by atoms with E-state index in [-0.39, 0.29) is 11.8 Å². The molecule has 172 valence electrons. The minimum Gasteiger partial charge on any atom is -0.379 e. The lowest BCUT2D eigenvalue weighted by Gasteiger charge is -2.28. The Morgan fingerprint density at radius 2 is 1.97 bits per heavy atom. The Labute approximate surface area is 194 Å². The first-order chi connectivity index (χ1) is 16.2. The third-order valence-corrected chi connectivity index (χ3v) is 6.52. The highest BCUT2D eigenvalue weighted by Crippen LogP contribution is 2.21. The zero-order valence-electron chi connectivity index (χ0n) is 19.2. The molecular weight excluding hydrogens is 414 g/mol. The number of aryl methyl sites for hydroxylation is 1. The van der Waals surface area contributed by atoms with Gasteiger partial charge in [0.25, 0.3) is 5.91 Å². The summed E-state index contributed by atoms with van der Waals surface area (Å²) in [7, 11) is 0. The fourth-order valence-corrected chi connectivity index (χ4v) is 4.83. The van der Waals surface area contributed by atoms with E-state index >= 15 is 0 Å². The lowest BCUT2D eigenvalue weighted by molar-refractivity contribution is 0.0731. The molecule has 2 fully saturated rings. The predicted octanol–water partition coefficient (Wildman–Crippen LogP) is 3.65. The molecule has 0 bridgehead atoms. The normalized spacial score (nSPS) is 19.5. The van der Waals surface area contributed by atoms with Gasteiger partial charge in [-0.15, -0.1) is 0 Å². The van der Waals surface area contributed by atoms with Crippen molar-refractivity contribution >= 4 is 22.8 Å². The van der Waals surface area contributed by atoms with Crippen molar-refractivity contribution in [2.75, 3.05) is 44.3 Å². The molecule has 2 aromatic heterocycles. The molecule has 0 spiro atoms. The highest BCUT2D eigenvalue weighted by molar-refractivity contribution is 5.92. The summed E-state index contributed by atoms with van der Waals surface area (Å²) < 4.78 is 5.88. The second-order valence-electron chi connectivity index (χ2n) is 9.17. The van der Waals surface area contributed by atoms with E-state index in [2.05, 4.69) is 44.1 Å². The summed E-state index contributed by atoms with van der Waals surface area (Å²) in [6.45, 7) is 6.29. The number of aromatic nitrogens is 3. The summed E-state index contributed by atoms with van der Waals surface area (Å²) >= 11 is 0. The van der Waals surface area contributed by atoms with E-state index in [9.17, 15) is 4.79 Å². The topological polar surface area (TPSA) is 71.5 Å². The van der Waals surface area contributed by atoms with Crippen molar-refractivity contribution in [1.29, 1.82) is 0 Å². The van der Waals surface area contributed by atoms with Crippen LogP contribution in [0.4, 0.5) is 5.95 Å². The zero-order valence-corrected chi connectivity index (χ0v) is 19.2. The third kappa shape index (κ3) is 5.14. The van der Waals surface area contributed by atoms with E-state index in [1.165, 1.54) is 12.0 Å². The SMILES string of the molecule is Cc1cc(C(=O)N2CCOC[C@@H](Cc3ccc4ncccc4c3)C2)nc(N2CCCCC2)n1. The quantitative estimate of drug-likeness (QED) is 0.610. The maximum absolute atomic E-state index is 13.5. The second kappa shape index (κ2) is 9.83. The van der Waals surface area contributed by atoms with Crippen molar-refractivity contribution in [3.05, 3.63) is 59.5 Å². The van der Waals surface area contributed by atoms with Crippen LogP contribution in [0, 0.1) is 12.8 Å². The Hall–Kier alpha value is -3.06.